The van der Waals surface area contributed by atoms with Gasteiger partial charge >= 0.3 is 0 Å². The minimum Gasteiger partial charge on any atom is -0.330 e. The molecule has 2 heterocycles. The molecule has 2 aromatic heterocycles. The number of nitrogens with one attached hydrogen (secondary N) is 1. The van der Waals surface area contributed by atoms with E-state index < -0.39 is 0 Å². The van der Waals surface area contributed by atoms with Gasteiger partial charge in [-0.05, 0) is 20.9 Å². The van der Waals surface area contributed by atoms with Crippen molar-refractivity contribution in [3.05, 3.63) is 34.8 Å². The second-order valence-corrected chi connectivity index (χ2v) is 4.84. The molecular formula is C11H16N4S. The van der Waals surface area contributed by atoms with Crippen LogP contribution < -0.4 is 5.32 Å². The van der Waals surface area contributed by atoms with Crippen molar-refractivity contribution in [2.75, 3.05) is 7.05 Å². The Morgan fingerprint density at radius 1 is 1.44 bits per heavy atom. The molecule has 1 unspecified atom stereocenters. The summed E-state index contributed by atoms with van der Waals surface area (Å²) in [5, 5.41) is 6.36. The van der Waals surface area contributed by atoms with Gasteiger partial charge in [-0.2, -0.15) is 0 Å². The Balaban J connectivity index is 2.37. The molecule has 2 aromatic rings. The van der Waals surface area contributed by atoms with E-state index in [2.05, 4.69) is 33.7 Å². The lowest BCUT2D eigenvalue weighted by molar-refractivity contribution is 0.535. The summed E-state index contributed by atoms with van der Waals surface area (Å²) in [6, 6.07) is 0.540. The van der Waals surface area contributed by atoms with E-state index in [4.69, 9.17) is 0 Å². The Morgan fingerprint density at radius 3 is 2.81 bits per heavy atom. The minimum atomic E-state index is 0.130. The summed E-state index contributed by atoms with van der Waals surface area (Å²) < 4.78 is 2.17. The van der Waals surface area contributed by atoms with Crippen LogP contribution in [0.25, 0.3) is 0 Å². The molecule has 0 saturated carbocycles. The Kier molecular flexibility index (Phi) is 3.36. The molecule has 5 heteroatoms. The maximum atomic E-state index is 4.36. The van der Waals surface area contributed by atoms with Crippen LogP contribution in [0.5, 0.6) is 0 Å². The summed E-state index contributed by atoms with van der Waals surface area (Å²) in [7, 11) is 1.95. The summed E-state index contributed by atoms with van der Waals surface area (Å²) in [6.07, 6.45) is 5.61. The SMILES string of the molecule is CNC(c1nccs1)c1cncn1C(C)C. The quantitative estimate of drug-likeness (QED) is 0.885. The molecule has 1 N–H and O–H groups in total. The molecule has 0 aliphatic carbocycles. The Morgan fingerprint density at radius 2 is 2.25 bits per heavy atom. The fourth-order valence-electron chi connectivity index (χ4n) is 1.74. The van der Waals surface area contributed by atoms with Crippen molar-refractivity contribution in [1.29, 1.82) is 0 Å². The van der Waals surface area contributed by atoms with Crippen molar-refractivity contribution in [3.63, 3.8) is 0 Å². The predicted octanol–water partition coefficient (Wildman–Crippen LogP) is 2.23. The van der Waals surface area contributed by atoms with E-state index in [1.165, 1.54) is 0 Å². The summed E-state index contributed by atoms with van der Waals surface area (Å²) in [5.74, 6) is 0. The van der Waals surface area contributed by atoms with Gasteiger partial charge in [-0.1, -0.05) is 0 Å². The van der Waals surface area contributed by atoms with Gasteiger partial charge in [-0.15, -0.1) is 11.3 Å². The zero-order valence-corrected chi connectivity index (χ0v) is 10.5. The van der Waals surface area contributed by atoms with Crippen molar-refractivity contribution in [2.45, 2.75) is 25.9 Å². The molecule has 86 valence electrons. The Labute approximate surface area is 99.4 Å². The van der Waals surface area contributed by atoms with E-state index in [1.807, 2.05) is 31.1 Å². The maximum Gasteiger partial charge on any atom is 0.116 e. The first kappa shape index (κ1) is 11.3. The van der Waals surface area contributed by atoms with E-state index in [0.717, 1.165) is 10.7 Å². The zero-order valence-electron chi connectivity index (χ0n) is 9.71. The number of imidazole rings is 1. The third-order valence-electron chi connectivity index (χ3n) is 2.54. The van der Waals surface area contributed by atoms with Crippen molar-refractivity contribution in [3.8, 4) is 0 Å². The Hall–Kier alpha value is -1.20. The molecule has 0 aliphatic rings. The van der Waals surface area contributed by atoms with Crippen LogP contribution in [-0.2, 0) is 0 Å². The lowest BCUT2D eigenvalue weighted by Crippen LogP contribution is -2.21. The molecule has 0 aromatic carbocycles. The molecular weight excluding hydrogens is 220 g/mol. The fourth-order valence-corrected chi connectivity index (χ4v) is 2.50. The zero-order chi connectivity index (χ0) is 11.5. The number of hydrogen-bond donors (Lipinski definition) is 1. The Bertz CT molecular complexity index is 433. The lowest BCUT2D eigenvalue weighted by atomic mass is 10.2. The van der Waals surface area contributed by atoms with Crippen LogP contribution in [-0.4, -0.2) is 21.6 Å². The van der Waals surface area contributed by atoms with Crippen LogP contribution in [0, 0.1) is 0 Å². The molecule has 0 spiro atoms. The molecule has 0 saturated heterocycles. The van der Waals surface area contributed by atoms with Crippen LogP contribution >= 0.6 is 11.3 Å². The highest BCUT2D eigenvalue weighted by molar-refractivity contribution is 7.09. The fraction of sp³-hybridized carbons (Fsp3) is 0.455. The van der Waals surface area contributed by atoms with Gasteiger partial charge in [0, 0.05) is 17.6 Å². The number of nitrogens with zero attached hydrogens (tertiary/aromatic N) is 3. The first-order valence-corrected chi connectivity index (χ1v) is 6.20. The largest absolute Gasteiger partial charge is 0.330 e. The third kappa shape index (κ3) is 2.01. The third-order valence-corrected chi connectivity index (χ3v) is 3.38. The summed E-state index contributed by atoms with van der Waals surface area (Å²) in [5.41, 5.74) is 1.16. The van der Waals surface area contributed by atoms with E-state index in [-0.39, 0.29) is 6.04 Å². The standard InChI is InChI=1S/C11H16N4S/c1-8(2)15-7-13-6-9(15)10(12-3)11-14-4-5-16-11/h4-8,10,12H,1-3H3. The van der Waals surface area contributed by atoms with Crippen LogP contribution in [0.2, 0.25) is 0 Å². The monoisotopic (exact) mass is 236 g/mol. The van der Waals surface area contributed by atoms with E-state index in [0.29, 0.717) is 6.04 Å². The molecule has 0 bridgehead atoms. The highest BCUT2D eigenvalue weighted by Crippen LogP contribution is 2.24. The highest BCUT2D eigenvalue weighted by Gasteiger charge is 2.19. The smallest absolute Gasteiger partial charge is 0.116 e. The van der Waals surface area contributed by atoms with Gasteiger partial charge in [-0.25, -0.2) is 9.97 Å². The van der Waals surface area contributed by atoms with Gasteiger partial charge in [0.05, 0.1) is 18.2 Å². The average Bonchev–Trinajstić information content (AvgIpc) is 2.88. The summed E-state index contributed by atoms with van der Waals surface area (Å²) in [4.78, 5) is 8.58. The summed E-state index contributed by atoms with van der Waals surface area (Å²) >= 11 is 1.66. The van der Waals surface area contributed by atoms with E-state index >= 15 is 0 Å². The second-order valence-electron chi connectivity index (χ2n) is 3.91. The first-order chi connectivity index (χ1) is 7.74. The van der Waals surface area contributed by atoms with Gasteiger partial charge in [-0.3, -0.25) is 0 Å². The van der Waals surface area contributed by atoms with Crippen LogP contribution in [0.4, 0.5) is 0 Å². The predicted molar refractivity (Wildman–Crippen MR) is 65.6 cm³/mol. The first-order valence-electron chi connectivity index (χ1n) is 5.32. The van der Waals surface area contributed by atoms with Gasteiger partial charge in [0.1, 0.15) is 11.0 Å². The number of aromatic nitrogens is 3. The van der Waals surface area contributed by atoms with Crippen LogP contribution in [0.3, 0.4) is 0 Å². The maximum absolute atomic E-state index is 4.36. The average molecular weight is 236 g/mol. The topological polar surface area (TPSA) is 42.7 Å². The van der Waals surface area contributed by atoms with Crippen molar-refractivity contribution >= 4 is 11.3 Å². The molecule has 0 radical (unpaired) electrons. The van der Waals surface area contributed by atoms with Crippen LogP contribution in [0.1, 0.15) is 36.6 Å². The molecule has 4 nitrogen and oxygen atoms in total. The molecule has 0 amide bonds. The number of rotatable bonds is 4. The molecule has 0 fully saturated rings. The van der Waals surface area contributed by atoms with Crippen LogP contribution in [0.15, 0.2) is 24.1 Å². The number of thiazole rings is 1. The lowest BCUT2D eigenvalue weighted by Gasteiger charge is -2.18. The van der Waals surface area contributed by atoms with Gasteiger partial charge in [0.2, 0.25) is 0 Å². The van der Waals surface area contributed by atoms with Gasteiger partial charge in [0.15, 0.2) is 0 Å². The molecule has 0 aliphatic heterocycles. The van der Waals surface area contributed by atoms with Gasteiger partial charge in [0.25, 0.3) is 0 Å². The molecule has 16 heavy (non-hydrogen) atoms. The second kappa shape index (κ2) is 4.76. The molecule has 1 atom stereocenters. The normalized spacial score (nSPS) is 13.2. The molecule has 2 rings (SSSR count). The van der Waals surface area contributed by atoms with Gasteiger partial charge < -0.3 is 9.88 Å². The summed E-state index contributed by atoms with van der Waals surface area (Å²) in [6.45, 7) is 4.31. The van der Waals surface area contributed by atoms with Crippen molar-refractivity contribution in [2.24, 2.45) is 0 Å². The number of hydrogen-bond acceptors (Lipinski definition) is 4. The van der Waals surface area contributed by atoms with E-state index in [1.54, 1.807) is 11.3 Å². The van der Waals surface area contributed by atoms with Crippen molar-refractivity contribution < 1.29 is 0 Å². The van der Waals surface area contributed by atoms with Crippen molar-refractivity contribution in [1.82, 2.24) is 19.9 Å². The van der Waals surface area contributed by atoms with E-state index in [9.17, 15) is 0 Å². The highest BCUT2D eigenvalue weighted by atomic mass is 32.1. The minimum absolute atomic E-state index is 0.130.